The second-order valence-corrected chi connectivity index (χ2v) is 6.05. The largest absolute Gasteiger partial charge is 0.492 e. The minimum absolute atomic E-state index is 0.00306. The number of nitrogens with two attached hydrogens (primary N) is 1. The Kier molecular flexibility index (Phi) is 3.20. The van der Waals surface area contributed by atoms with Crippen LogP contribution in [0, 0.1) is 6.92 Å². The lowest BCUT2D eigenvalue weighted by Crippen LogP contribution is -2.30. The van der Waals surface area contributed by atoms with E-state index in [2.05, 4.69) is 26.8 Å². The molecule has 1 heterocycles. The van der Waals surface area contributed by atoms with Gasteiger partial charge in [-0.15, -0.1) is 0 Å². The highest BCUT2D eigenvalue weighted by Crippen LogP contribution is 2.37. The molecule has 1 aliphatic heterocycles. The van der Waals surface area contributed by atoms with E-state index in [0.717, 1.165) is 16.9 Å². The molecule has 1 aromatic carbocycles. The van der Waals surface area contributed by atoms with Crippen LogP contribution in [0.2, 0.25) is 0 Å². The molecule has 0 saturated carbocycles. The van der Waals surface area contributed by atoms with Crippen molar-refractivity contribution < 1.29 is 9.53 Å². The van der Waals surface area contributed by atoms with Gasteiger partial charge >= 0.3 is 0 Å². The highest BCUT2D eigenvalue weighted by Gasteiger charge is 2.29. The van der Waals surface area contributed by atoms with Crippen LogP contribution in [0.4, 0.5) is 0 Å². The Morgan fingerprint density at radius 2 is 2.00 bits per heavy atom. The van der Waals surface area contributed by atoms with Crippen LogP contribution in [0.5, 0.6) is 5.75 Å². The van der Waals surface area contributed by atoms with E-state index in [0.29, 0.717) is 18.6 Å². The van der Waals surface area contributed by atoms with Gasteiger partial charge in [0.25, 0.3) is 0 Å². The van der Waals surface area contributed by atoms with Crippen molar-refractivity contribution in [2.75, 3.05) is 6.61 Å². The second-order valence-electron chi connectivity index (χ2n) is 6.05. The molecule has 1 aliphatic rings. The summed E-state index contributed by atoms with van der Waals surface area (Å²) in [5, 5.41) is 0. The fourth-order valence-corrected chi connectivity index (χ4v) is 2.29. The normalized spacial score (nSPS) is 20.1. The van der Waals surface area contributed by atoms with Gasteiger partial charge in [0.2, 0.25) is 0 Å². The molecule has 0 bridgehead atoms. The summed E-state index contributed by atoms with van der Waals surface area (Å²) in [6, 6.07) is 3.54. The smallest absolute Gasteiger partial charge is 0.183 e. The lowest BCUT2D eigenvalue weighted by Gasteiger charge is -2.24. The third-order valence-electron chi connectivity index (χ3n) is 3.32. The maximum absolute atomic E-state index is 12.3. The first-order valence-electron chi connectivity index (χ1n) is 6.38. The average Bonchev–Trinajstić information content (AvgIpc) is 2.39. The van der Waals surface area contributed by atoms with E-state index >= 15 is 0 Å². The van der Waals surface area contributed by atoms with Crippen LogP contribution in [0.15, 0.2) is 12.1 Å². The van der Waals surface area contributed by atoms with E-state index in [9.17, 15) is 4.79 Å². The predicted octanol–water partition coefficient (Wildman–Crippen LogP) is 2.59. The van der Waals surface area contributed by atoms with Crippen molar-refractivity contribution in [2.24, 2.45) is 5.73 Å². The number of rotatable bonds is 0. The predicted molar refractivity (Wildman–Crippen MR) is 72.3 cm³/mol. The Hall–Kier alpha value is -1.35. The molecule has 2 N–H and O–H groups in total. The number of Topliss-reactive ketones (excluding diaryl/α,β-unsaturated/α-hetero) is 1. The zero-order valence-electron chi connectivity index (χ0n) is 11.5. The van der Waals surface area contributed by atoms with Crippen molar-refractivity contribution in [1.29, 1.82) is 0 Å². The number of ether oxygens (including phenoxy) is 1. The zero-order valence-corrected chi connectivity index (χ0v) is 11.5. The Morgan fingerprint density at radius 1 is 1.33 bits per heavy atom. The van der Waals surface area contributed by atoms with E-state index in [1.54, 1.807) is 0 Å². The summed E-state index contributed by atoms with van der Waals surface area (Å²) < 4.78 is 5.80. The molecule has 0 amide bonds. The third-order valence-corrected chi connectivity index (χ3v) is 3.32. The Balaban J connectivity index is 2.66. The third kappa shape index (κ3) is 2.27. The fraction of sp³-hybridized carbons (Fsp3) is 0.533. The van der Waals surface area contributed by atoms with Crippen LogP contribution in [0.25, 0.3) is 0 Å². The molecule has 0 aliphatic carbocycles. The molecule has 1 aromatic rings. The topological polar surface area (TPSA) is 52.3 Å². The van der Waals surface area contributed by atoms with Crippen molar-refractivity contribution in [3.63, 3.8) is 0 Å². The maximum Gasteiger partial charge on any atom is 0.183 e. The average molecular weight is 247 g/mol. The fourth-order valence-electron chi connectivity index (χ4n) is 2.29. The standard InChI is InChI=1S/C15H21NO2/c1-9-7-10-13(17)12(16)5-6-18-14(10)11(8-9)15(2,3)4/h7-8,12H,5-6,16H2,1-4H3. The van der Waals surface area contributed by atoms with Crippen LogP contribution in [0.1, 0.15) is 48.7 Å². The first kappa shape index (κ1) is 13.1. The minimum Gasteiger partial charge on any atom is -0.492 e. The van der Waals surface area contributed by atoms with Gasteiger partial charge in [0.15, 0.2) is 5.78 Å². The van der Waals surface area contributed by atoms with E-state index in [4.69, 9.17) is 10.5 Å². The molecule has 0 spiro atoms. The number of fused-ring (bicyclic) bond motifs is 1. The molecule has 0 aromatic heterocycles. The Labute approximate surface area is 108 Å². The first-order chi connectivity index (χ1) is 8.30. The van der Waals surface area contributed by atoms with Gasteiger partial charge in [0, 0.05) is 12.0 Å². The molecule has 3 heteroatoms. The lowest BCUT2D eigenvalue weighted by molar-refractivity contribution is 0.0960. The zero-order chi connectivity index (χ0) is 13.5. The number of aryl methyl sites for hydroxylation is 1. The summed E-state index contributed by atoms with van der Waals surface area (Å²) in [7, 11) is 0. The van der Waals surface area contributed by atoms with Gasteiger partial charge in [0.1, 0.15) is 5.75 Å². The number of hydrogen-bond donors (Lipinski definition) is 1. The van der Waals surface area contributed by atoms with Crippen molar-refractivity contribution in [2.45, 2.75) is 45.6 Å². The quantitative estimate of drug-likeness (QED) is 0.766. The SMILES string of the molecule is Cc1cc2c(c(C(C)(C)C)c1)OCCC(N)C2=O. The summed E-state index contributed by atoms with van der Waals surface area (Å²) in [5.41, 5.74) is 8.62. The molecule has 1 unspecified atom stereocenters. The van der Waals surface area contributed by atoms with Gasteiger partial charge in [-0.25, -0.2) is 0 Å². The molecule has 2 rings (SSSR count). The van der Waals surface area contributed by atoms with E-state index in [1.807, 2.05) is 13.0 Å². The number of carbonyl (C=O) groups is 1. The monoisotopic (exact) mass is 247 g/mol. The van der Waals surface area contributed by atoms with Gasteiger partial charge < -0.3 is 10.5 Å². The van der Waals surface area contributed by atoms with E-state index < -0.39 is 6.04 Å². The van der Waals surface area contributed by atoms with E-state index in [1.165, 1.54) is 0 Å². The van der Waals surface area contributed by atoms with Crippen molar-refractivity contribution in [1.82, 2.24) is 0 Å². The number of ketones is 1. The van der Waals surface area contributed by atoms with Crippen molar-refractivity contribution in [3.05, 3.63) is 28.8 Å². The van der Waals surface area contributed by atoms with Gasteiger partial charge in [-0.1, -0.05) is 26.8 Å². The molecule has 0 fully saturated rings. The summed E-state index contributed by atoms with van der Waals surface area (Å²) >= 11 is 0. The Morgan fingerprint density at radius 3 is 2.61 bits per heavy atom. The van der Waals surface area contributed by atoms with Crippen molar-refractivity contribution >= 4 is 5.78 Å². The molecule has 3 nitrogen and oxygen atoms in total. The van der Waals surface area contributed by atoms with Gasteiger partial charge in [0.05, 0.1) is 18.2 Å². The van der Waals surface area contributed by atoms with Crippen LogP contribution in [-0.4, -0.2) is 18.4 Å². The first-order valence-corrected chi connectivity index (χ1v) is 6.38. The lowest BCUT2D eigenvalue weighted by atomic mass is 9.83. The molecule has 98 valence electrons. The molecular formula is C15H21NO2. The second kappa shape index (κ2) is 4.39. The molecule has 1 atom stereocenters. The Bertz CT molecular complexity index is 486. The summed E-state index contributed by atoms with van der Waals surface area (Å²) in [4.78, 5) is 12.3. The summed E-state index contributed by atoms with van der Waals surface area (Å²) in [6.45, 7) is 8.88. The number of hydrogen-bond acceptors (Lipinski definition) is 3. The number of carbonyl (C=O) groups excluding carboxylic acids is 1. The van der Waals surface area contributed by atoms with Crippen LogP contribution in [-0.2, 0) is 5.41 Å². The molecule has 0 saturated heterocycles. The van der Waals surface area contributed by atoms with Gasteiger partial charge in [-0.3, -0.25) is 4.79 Å². The summed E-state index contributed by atoms with van der Waals surface area (Å²) in [5.74, 6) is 0.725. The molecule has 18 heavy (non-hydrogen) atoms. The highest BCUT2D eigenvalue weighted by atomic mass is 16.5. The van der Waals surface area contributed by atoms with Crippen LogP contribution < -0.4 is 10.5 Å². The van der Waals surface area contributed by atoms with Crippen LogP contribution in [0.3, 0.4) is 0 Å². The highest BCUT2D eigenvalue weighted by molar-refractivity contribution is 6.03. The summed E-state index contributed by atoms with van der Waals surface area (Å²) in [6.07, 6.45) is 0.580. The van der Waals surface area contributed by atoms with E-state index in [-0.39, 0.29) is 11.2 Å². The number of benzene rings is 1. The van der Waals surface area contributed by atoms with Gasteiger partial charge in [-0.05, 0) is 24.0 Å². The van der Waals surface area contributed by atoms with Gasteiger partial charge in [-0.2, -0.15) is 0 Å². The van der Waals surface area contributed by atoms with Crippen LogP contribution >= 0.6 is 0 Å². The molecular weight excluding hydrogens is 226 g/mol. The molecule has 0 radical (unpaired) electrons. The minimum atomic E-state index is -0.444. The van der Waals surface area contributed by atoms with Crippen molar-refractivity contribution in [3.8, 4) is 5.75 Å². The maximum atomic E-state index is 12.3.